The van der Waals surface area contributed by atoms with Gasteiger partial charge in [0.15, 0.2) is 0 Å². The summed E-state index contributed by atoms with van der Waals surface area (Å²) in [5.41, 5.74) is 3.56. The van der Waals surface area contributed by atoms with Crippen LogP contribution < -0.4 is 16.2 Å². The van der Waals surface area contributed by atoms with Gasteiger partial charge in [0, 0.05) is 27.1 Å². The number of hydrogen-bond acceptors (Lipinski definition) is 3. The van der Waals surface area contributed by atoms with E-state index in [1.807, 2.05) is 48.5 Å². The summed E-state index contributed by atoms with van der Waals surface area (Å²) in [5.74, 6) is 0. The summed E-state index contributed by atoms with van der Waals surface area (Å²) in [4.78, 5) is 27.5. The van der Waals surface area contributed by atoms with Crippen LogP contribution in [0.2, 0.25) is 0 Å². The fraction of sp³-hybridized carbons (Fsp3) is 0. The zero-order valence-electron chi connectivity index (χ0n) is 16.7. The summed E-state index contributed by atoms with van der Waals surface area (Å²) in [7, 11) is 0. The first-order chi connectivity index (χ1) is 15.5. The van der Waals surface area contributed by atoms with E-state index < -0.39 is 5.56 Å². The molecule has 0 aliphatic rings. The number of benzene rings is 3. The summed E-state index contributed by atoms with van der Waals surface area (Å²) in [6, 6.07) is 27.1. The van der Waals surface area contributed by atoms with E-state index >= 15 is 0 Å². The number of urea groups is 1. The van der Waals surface area contributed by atoms with E-state index in [1.54, 1.807) is 42.5 Å². The van der Waals surface area contributed by atoms with E-state index in [4.69, 9.17) is 0 Å². The van der Waals surface area contributed by atoms with Crippen molar-refractivity contribution in [3.05, 3.63) is 105 Å². The number of aromatic nitrogens is 1. The van der Waals surface area contributed by atoms with Crippen molar-refractivity contribution in [3.63, 3.8) is 0 Å². The van der Waals surface area contributed by atoms with Crippen LogP contribution in [0, 0.1) is 11.3 Å². The molecule has 2 amide bonds. The number of aromatic amines is 1. The Kier molecular flexibility index (Phi) is 6.15. The van der Waals surface area contributed by atoms with Gasteiger partial charge in [-0.1, -0.05) is 58.4 Å². The van der Waals surface area contributed by atoms with E-state index in [1.165, 1.54) is 0 Å². The third kappa shape index (κ3) is 4.77. The lowest BCUT2D eigenvalue weighted by Gasteiger charge is -2.10. The minimum Gasteiger partial charge on any atom is -0.321 e. The number of anilines is 2. The van der Waals surface area contributed by atoms with Crippen molar-refractivity contribution in [2.24, 2.45) is 0 Å². The minimum atomic E-state index is -0.452. The second-order valence-corrected chi connectivity index (χ2v) is 7.86. The molecule has 0 saturated heterocycles. The molecular weight excluding hydrogens is 468 g/mol. The van der Waals surface area contributed by atoms with Crippen LogP contribution in [-0.4, -0.2) is 11.0 Å². The van der Waals surface area contributed by atoms with Crippen molar-refractivity contribution < 1.29 is 4.79 Å². The van der Waals surface area contributed by atoms with Gasteiger partial charge in [0.25, 0.3) is 5.56 Å². The number of halogens is 1. The summed E-state index contributed by atoms with van der Waals surface area (Å²) in [6.45, 7) is 0. The molecule has 0 spiro atoms. The average molecular weight is 485 g/mol. The Hall–Kier alpha value is -4.15. The first-order valence-corrected chi connectivity index (χ1v) is 10.5. The summed E-state index contributed by atoms with van der Waals surface area (Å²) < 4.78 is 0.907. The second-order valence-electron chi connectivity index (χ2n) is 6.94. The molecule has 0 aliphatic carbocycles. The molecule has 1 aromatic heterocycles. The van der Waals surface area contributed by atoms with Crippen molar-refractivity contribution in [2.75, 3.05) is 10.6 Å². The first-order valence-electron chi connectivity index (χ1n) is 9.70. The third-order valence-corrected chi connectivity index (χ3v) is 5.31. The van der Waals surface area contributed by atoms with Crippen LogP contribution >= 0.6 is 15.9 Å². The number of nitrogens with one attached hydrogen (secondary N) is 3. The molecule has 0 bridgehead atoms. The standard InChI is InChI=1S/C25H17BrN4O2/c26-18-10-6-16(7-11-18)21-14-23(30-24(31)22(21)15-27)17-8-12-20(13-9-17)29-25(32)28-19-4-2-1-3-5-19/h1-14H,(H,30,31)(H2,28,29,32). The Morgan fingerprint density at radius 2 is 1.44 bits per heavy atom. The number of carbonyl (C=O) groups excluding carboxylic acids is 1. The van der Waals surface area contributed by atoms with Gasteiger partial charge in [0.1, 0.15) is 11.6 Å². The fourth-order valence-electron chi connectivity index (χ4n) is 3.23. The molecule has 3 aromatic carbocycles. The van der Waals surface area contributed by atoms with Gasteiger partial charge in [-0.25, -0.2) is 4.79 Å². The maximum atomic E-state index is 12.5. The molecule has 4 aromatic rings. The lowest BCUT2D eigenvalue weighted by atomic mass is 9.99. The Labute approximate surface area is 192 Å². The minimum absolute atomic E-state index is 0.0620. The Bertz CT molecular complexity index is 1360. The van der Waals surface area contributed by atoms with Crippen LogP contribution in [0.4, 0.5) is 16.2 Å². The van der Waals surface area contributed by atoms with Gasteiger partial charge < -0.3 is 15.6 Å². The van der Waals surface area contributed by atoms with E-state index in [2.05, 4.69) is 31.5 Å². The molecular formula is C25H17BrN4O2. The summed E-state index contributed by atoms with van der Waals surface area (Å²) in [6.07, 6.45) is 0. The van der Waals surface area contributed by atoms with Gasteiger partial charge in [0.2, 0.25) is 0 Å². The predicted octanol–water partition coefficient (Wildman–Crippen LogP) is 5.99. The van der Waals surface area contributed by atoms with Crippen molar-refractivity contribution in [1.82, 2.24) is 4.98 Å². The van der Waals surface area contributed by atoms with Crippen LogP contribution in [-0.2, 0) is 0 Å². The molecule has 4 rings (SSSR count). The van der Waals surface area contributed by atoms with Crippen molar-refractivity contribution in [3.8, 4) is 28.5 Å². The van der Waals surface area contributed by atoms with Gasteiger partial charge in [-0.05, 0) is 53.6 Å². The van der Waals surface area contributed by atoms with Gasteiger partial charge in [-0.15, -0.1) is 0 Å². The smallest absolute Gasteiger partial charge is 0.321 e. The van der Waals surface area contributed by atoms with E-state index in [-0.39, 0.29) is 11.6 Å². The highest BCUT2D eigenvalue weighted by Crippen LogP contribution is 2.28. The number of pyridine rings is 1. The van der Waals surface area contributed by atoms with Crippen molar-refractivity contribution >= 4 is 33.3 Å². The lowest BCUT2D eigenvalue weighted by molar-refractivity contribution is 0.262. The second kappa shape index (κ2) is 9.33. The number of para-hydroxylation sites is 1. The molecule has 0 fully saturated rings. The molecule has 6 nitrogen and oxygen atoms in total. The average Bonchev–Trinajstić information content (AvgIpc) is 2.80. The molecule has 0 saturated carbocycles. The number of nitriles is 1. The van der Waals surface area contributed by atoms with Gasteiger partial charge in [-0.2, -0.15) is 5.26 Å². The van der Waals surface area contributed by atoms with Gasteiger partial charge in [0.05, 0.1) is 0 Å². The number of H-pyrrole nitrogens is 1. The molecule has 156 valence electrons. The zero-order chi connectivity index (χ0) is 22.5. The number of amides is 2. The SMILES string of the molecule is N#Cc1c(-c2ccc(Br)cc2)cc(-c2ccc(NC(=O)Nc3ccccc3)cc2)[nH]c1=O. The number of rotatable bonds is 4. The Balaban J connectivity index is 1.59. The molecule has 0 atom stereocenters. The number of hydrogen-bond donors (Lipinski definition) is 3. The van der Waals surface area contributed by atoms with Crippen LogP contribution in [0.1, 0.15) is 5.56 Å². The van der Waals surface area contributed by atoms with Crippen LogP contribution in [0.3, 0.4) is 0 Å². The largest absolute Gasteiger partial charge is 0.323 e. The van der Waals surface area contributed by atoms with Crippen molar-refractivity contribution in [1.29, 1.82) is 5.26 Å². The quantitative estimate of drug-likeness (QED) is 0.331. The maximum Gasteiger partial charge on any atom is 0.323 e. The topological polar surface area (TPSA) is 97.8 Å². The normalized spacial score (nSPS) is 10.2. The fourth-order valence-corrected chi connectivity index (χ4v) is 3.50. The van der Waals surface area contributed by atoms with Crippen LogP contribution in [0.5, 0.6) is 0 Å². The zero-order valence-corrected chi connectivity index (χ0v) is 18.3. The summed E-state index contributed by atoms with van der Waals surface area (Å²) >= 11 is 3.39. The van der Waals surface area contributed by atoms with E-state index in [9.17, 15) is 14.9 Å². The molecule has 32 heavy (non-hydrogen) atoms. The molecule has 0 radical (unpaired) electrons. The van der Waals surface area contributed by atoms with E-state index in [0.29, 0.717) is 22.6 Å². The highest BCUT2D eigenvalue weighted by atomic mass is 79.9. The Morgan fingerprint density at radius 1 is 0.844 bits per heavy atom. The molecule has 3 N–H and O–H groups in total. The molecule has 7 heteroatoms. The van der Waals surface area contributed by atoms with Crippen LogP contribution in [0.15, 0.2) is 94.2 Å². The number of carbonyl (C=O) groups is 1. The molecule has 0 aliphatic heterocycles. The molecule has 0 unspecified atom stereocenters. The lowest BCUT2D eigenvalue weighted by Crippen LogP contribution is -2.19. The van der Waals surface area contributed by atoms with E-state index in [0.717, 1.165) is 15.6 Å². The van der Waals surface area contributed by atoms with Gasteiger partial charge in [-0.3, -0.25) is 4.79 Å². The third-order valence-electron chi connectivity index (χ3n) is 4.79. The predicted molar refractivity (Wildman–Crippen MR) is 129 cm³/mol. The monoisotopic (exact) mass is 484 g/mol. The highest BCUT2D eigenvalue weighted by Gasteiger charge is 2.13. The first kappa shape index (κ1) is 21.1. The maximum absolute atomic E-state index is 12.5. The van der Waals surface area contributed by atoms with Crippen molar-refractivity contribution in [2.45, 2.75) is 0 Å². The molecule has 1 heterocycles. The number of nitrogens with zero attached hydrogens (tertiary/aromatic N) is 1. The van der Waals surface area contributed by atoms with Crippen LogP contribution in [0.25, 0.3) is 22.4 Å². The summed E-state index contributed by atoms with van der Waals surface area (Å²) in [5, 5.41) is 15.0. The highest BCUT2D eigenvalue weighted by molar-refractivity contribution is 9.10. The Morgan fingerprint density at radius 3 is 2.06 bits per heavy atom. The van der Waals surface area contributed by atoms with Gasteiger partial charge >= 0.3 is 6.03 Å².